The first kappa shape index (κ1) is 9.25. The standard InChI is InChI=1S/C10H12ClNS/c11-10-9(4-5-13-10)7-2-1-3-8(12)6-7/h4-6,8H,1-3,12H2. The second-order valence-corrected chi connectivity index (χ2v) is 4.87. The van der Waals surface area contributed by atoms with Crippen LogP contribution >= 0.6 is 22.9 Å². The third kappa shape index (κ3) is 1.96. The van der Waals surface area contributed by atoms with Crippen LogP contribution in [-0.2, 0) is 0 Å². The lowest BCUT2D eigenvalue weighted by molar-refractivity contribution is 0.654. The van der Waals surface area contributed by atoms with E-state index >= 15 is 0 Å². The van der Waals surface area contributed by atoms with Crippen molar-refractivity contribution in [2.45, 2.75) is 25.3 Å². The molecule has 2 N–H and O–H groups in total. The third-order valence-electron chi connectivity index (χ3n) is 2.36. The Morgan fingerprint density at radius 1 is 1.54 bits per heavy atom. The molecule has 13 heavy (non-hydrogen) atoms. The second kappa shape index (κ2) is 3.82. The van der Waals surface area contributed by atoms with Gasteiger partial charge in [0.05, 0.1) is 0 Å². The quantitative estimate of drug-likeness (QED) is 0.761. The maximum atomic E-state index is 6.06. The minimum absolute atomic E-state index is 0.222. The van der Waals surface area contributed by atoms with Gasteiger partial charge in [-0.1, -0.05) is 17.7 Å². The predicted octanol–water partition coefficient (Wildman–Crippen LogP) is 3.30. The molecule has 1 aromatic rings. The van der Waals surface area contributed by atoms with E-state index in [0.717, 1.165) is 17.2 Å². The molecule has 70 valence electrons. The molecule has 2 rings (SSSR count). The summed E-state index contributed by atoms with van der Waals surface area (Å²) < 4.78 is 0.889. The number of halogens is 1. The zero-order chi connectivity index (χ0) is 9.26. The van der Waals surface area contributed by atoms with E-state index in [0.29, 0.717) is 0 Å². The summed E-state index contributed by atoms with van der Waals surface area (Å²) in [6.07, 6.45) is 5.55. The normalized spacial score (nSPS) is 22.9. The molecule has 1 atom stereocenters. The molecule has 0 spiro atoms. The average molecular weight is 214 g/mol. The van der Waals surface area contributed by atoms with Crippen LogP contribution in [-0.4, -0.2) is 6.04 Å². The van der Waals surface area contributed by atoms with Crippen LogP contribution in [0.25, 0.3) is 5.57 Å². The zero-order valence-corrected chi connectivity index (χ0v) is 8.87. The van der Waals surface area contributed by atoms with E-state index in [4.69, 9.17) is 17.3 Å². The molecule has 1 aromatic heterocycles. The lowest BCUT2D eigenvalue weighted by Crippen LogP contribution is -2.19. The van der Waals surface area contributed by atoms with Gasteiger partial charge in [0.25, 0.3) is 0 Å². The number of hydrogen-bond donors (Lipinski definition) is 1. The SMILES string of the molecule is NC1C=C(c2ccsc2Cl)CCC1. The Morgan fingerprint density at radius 2 is 2.38 bits per heavy atom. The maximum absolute atomic E-state index is 6.06. The van der Waals surface area contributed by atoms with E-state index in [9.17, 15) is 0 Å². The molecule has 1 unspecified atom stereocenters. The van der Waals surface area contributed by atoms with Gasteiger partial charge in [0.2, 0.25) is 0 Å². The molecule has 0 aromatic carbocycles. The molecule has 0 fully saturated rings. The Bertz CT molecular complexity index is 329. The molecule has 0 saturated heterocycles. The number of hydrogen-bond acceptors (Lipinski definition) is 2. The first-order chi connectivity index (χ1) is 6.27. The summed E-state index contributed by atoms with van der Waals surface area (Å²) in [6.45, 7) is 0. The molecule has 1 aliphatic carbocycles. The summed E-state index contributed by atoms with van der Waals surface area (Å²) in [5, 5.41) is 2.03. The molecule has 3 heteroatoms. The summed E-state index contributed by atoms with van der Waals surface area (Å²) in [6, 6.07) is 2.30. The van der Waals surface area contributed by atoms with Crippen molar-refractivity contribution in [3.8, 4) is 0 Å². The van der Waals surface area contributed by atoms with Crippen molar-refractivity contribution in [3.05, 3.63) is 27.4 Å². The van der Waals surface area contributed by atoms with Crippen molar-refractivity contribution >= 4 is 28.5 Å². The van der Waals surface area contributed by atoms with Gasteiger partial charge < -0.3 is 5.73 Å². The van der Waals surface area contributed by atoms with Gasteiger partial charge in [-0.05, 0) is 36.3 Å². The number of rotatable bonds is 1. The van der Waals surface area contributed by atoms with Crippen molar-refractivity contribution in [1.82, 2.24) is 0 Å². The lowest BCUT2D eigenvalue weighted by Gasteiger charge is -2.17. The summed E-state index contributed by atoms with van der Waals surface area (Å²) >= 11 is 7.64. The van der Waals surface area contributed by atoms with Crippen molar-refractivity contribution in [2.24, 2.45) is 5.73 Å². The minimum Gasteiger partial charge on any atom is -0.324 e. The highest BCUT2D eigenvalue weighted by Gasteiger charge is 2.13. The van der Waals surface area contributed by atoms with E-state index in [-0.39, 0.29) is 6.04 Å². The number of allylic oxidation sites excluding steroid dienone is 1. The third-order valence-corrected chi connectivity index (χ3v) is 3.53. The number of thiophene rings is 1. The van der Waals surface area contributed by atoms with E-state index in [1.54, 1.807) is 11.3 Å². The second-order valence-electron chi connectivity index (χ2n) is 3.36. The lowest BCUT2D eigenvalue weighted by atomic mass is 9.93. The molecule has 1 aliphatic rings. The topological polar surface area (TPSA) is 26.0 Å². The van der Waals surface area contributed by atoms with Crippen LogP contribution in [0.1, 0.15) is 24.8 Å². The van der Waals surface area contributed by atoms with E-state index in [1.165, 1.54) is 17.6 Å². The Balaban J connectivity index is 2.30. The fraction of sp³-hybridized carbons (Fsp3) is 0.400. The van der Waals surface area contributed by atoms with Gasteiger partial charge in [0.15, 0.2) is 0 Å². The van der Waals surface area contributed by atoms with Crippen LogP contribution in [0.5, 0.6) is 0 Å². The number of nitrogens with two attached hydrogens (primary N) is 1. The monoisotopic (exact) mass is 213 g/mol. The molecule has 1 nitrogen and oxygen atoms in total. The Kier molecular flexibility index (Phi) is 2.72. The maximum Gasteiger partial charge on any atom is 0.100 e. The van der Waals surface area contributed by atoms with Gasteiger partial charge in [0.1, 0.15) is 4.34 Å². The highest BCUT2D eigenvalue weighted by Crippen LogP contribution is 2.34. The molecule has 1 heterocycles. The Morgan fingerprint density at radius 3 is 3.00 bits per heavy atom. The average Bonchev–Trinajstić information content (AvgIpc) is 2.51. The molecular weight excluding hydrogens is 202 g/mol. The van der Waals surface area contributed by atoms with Crippen LogP contribution in [0, 0.1) is 0 Å². The molecular formula is C10H12ClNS. The van der Waals surface area contributed by atoms with Crippen molar-refractivity contribution in [2.75, 3.05) is 0 Å². The fourth-order valence-corrected chi connectivity index (χ4v) is 2.69. The summed E-state index contributed by atoms with van der Waals surface area (Å²) in [5.41, 5.74) is 8.37. The van der Waals surface area contributed by atoms with Gasteiger partial charge in [-0.3, -0.25) is 0 Å². The Hall–Kier alpha value is -0.310. The largest absolute Gasteiger partial charge is 0.324 e. The van der Waals surface area contributed by atoms with Gasteiger partial charge >= 0.3 is 0 Å². The molecule has 0 bridgehead atoms. The van der Waals surface area contributed by atoms with E-state index < -0.39 is 0 Å². The van der Waals surface area contributed by atoms with Gasteiger partial charge in [-0.15, -0.1) is 11.3 Å². The summed E-state index contributed by atoms with van der Waals surface area (Å²) in [7, 11) is 0. The van der Waals surface area contributed by atoms with Crippen LogP contribution in [0.4, 0.5) is 0 Å². The van der Waals surface area contributed by atoms with Crippen molar-refractivity contribution in [1.29, 1.82) is 0 Å². The van der Waals surface area contributed by atoms with Crippen molar-refractivity contribution < 1.29 is 0 Å². The minimum atomic E-state index is 0.222. The summed E-state index contributed by atoms with van der Waals surface area (Å²) in [4.78, 5) is 0. The van der Waals surface area contributed by atoms with Crippen LogP contribution in [0.2, 0.25) is 4.34 Å². The van der Waals surface area contributed by atoms with Crippen molar-refractivity contribution in [3.63, 3.8) is 0 Å². The first-order valence-corrected chi connectivity index (χ1v) is 5.73. The molecule has 0 aliphatic heterocycles. The van der Waals surface area contributed by atoms with Gasteiger partial charge in [0, 0.05) is 11.6 Å². The van der Waals surface area contributed by atoms with Gasteiger partial charge in [-0.25, -0.2) is 0 Å². The highest BCUT2D eigenvalue weighted by molar-refractivity contribution is 7.14. The predicted molar refractivity (Wildman–Crippen MR) is 59.1 cm³/mol. The Labute approximate surface area is 87.2 Å². The van der Waals surface area contributed by atoms with Crippen LogP contribution < -0.4 is 5.73 Å². The molecule has 0 amide bonds. The molecule has 0 radical (unpaired) electrons. The highest BCUT2D eigenvalue weighted by atomic mass is 35.5. The van der Waals surface area contributed by atoms with E-state index in [2.05, 4.69) is 12.1 Å². The van der Waals surface area contributed by atoms with Gasteiger partial charge in [-0.2, -0.15) is 0 Å². The molecule has 0 saturated carbocycles. The van der Waals surface area contributed by atoms with Crippen LogP contribution in [0.15, 0.2) is 17.5 Å². The smallest absolute Gasteiger partial charge is 0.100 e. The first-order valence-electron chi connectivity index (χ1n) is 4.47. The van der Waals surface area contributed by atoms with Crippen LogP contribution in [0.3, 0.4) is 0 Å². The van der Waals surface area contributed by atoms with E-state index in [1.807, 2.05) is 5.38 Å². The zero-order valence-electron chi connectivity index (χ0n) is 7.29. The summed E-state index contributed by atoms with van der Waals surface area (Å²) in [5.74, 6) is 0. The fourth-order valence-electron chi connectivity index (χ4n) is 1.70.